The average molecular weight is 339 g/mol. The van der Waals surface area contributed by atoms with E-state index < -0.39 is 17.7 Å². The highest BCUT2D eigenvalue weighted by Crippen LogP contribution is 2.39. The lowest BCUT2D eigenvalue weighted by Gasteiger charge is -2.08. The van der Waals surface area contributed by atoms with Gasteiger partial charge in [0, 0.05) is 22.5 Å². The van der Waals surface area contributed by atoms with Crippen LogP contribution in [0.25, 0.3) is 15.8 Å². The first kappa shape index (κ1) is 15.6. The number of fused-ring (bicyclic) bond motifs is 1. The quantitative estimate of drug-likeness (QED) is 0.636. The average Bonchev–Trinajstić information content (AvgIpc) is 3.12. The molecule has 0 radical (unpaired) electrons. The number of hydrogen-bond donors (Lipinski definition) is 0. The third kappa shape index (κ3) is 2.84. The zero-order chi connectivity index (χ0) is 16.6. The summed E-state index contributed by atoms with van der Waals surface area (Å²) in [6.45, 7) is 1.88. The molecule has 0 saturated heterocycles. The van der Waals surface area contributed by atoms with Gasteiger partial charge in [-0.3, -0.25) is 0 Å². The lowest BCUT2D eigenvalue weighted by molar-refractivity contribution is -0.137. The van der Waals surface area contributed by atoms with Gasteiger partial charge in [-0.2, -0.15) is 13.2 Å². The third-order valence-corrected chi connectivity index (χ3v) is 4.45. The summed E-state index contributed by atoms with van der Waals surface area (Å²) >= 11 is 1.13. The summed E-state index contributed by atoms with van der Waals surface area (Å²) in [7, 11) is 0. The number of carbonyl (C=O) groups excluding carboxylic acids is 1. The molecular formula is C16H12F3NO2S. The normalized spacial score (nSPS) is 11.8. The number of rotatable bonds is 3. The fraction of sp³-hybridized carbons (Fsp3) is 0.188. The molecule has 120 valence electrons. The summed E-state index contributed by atoms with van der Waals surface area (Å²) < 4.78 is 46.2. The zero-order valence-corrected chi connectivity index (χ0v) is 12.9. The van der Waals surface area contributed by atoms with Crippen molar-refractivity contribution in [2.45, 2.75) is 13.1 Å². The largest absolute Gasteiger partial charge is 0.462 e. The molecule has 7 heteroatoms. The first-order valence-corrected chi connectivity index (χ1v) is 7.67. The molecule has 0 unspecified atom stereocenters. The van der Waals surface area contributed by atoms with Crippen molar-refractivity contribution >= 4 is 27.4 Å². The van der Waals surface area contributed by atoms with Crippen LogP contribution in [0, 0.1) is 0 Å². The summed E-state index contributed by atoms with van der Waals surface area (Å²) in [4.78, 5) is 12.5. The molecule has 2 aromatic heterocycles. The molecule has 0 spiro atoms. The molecule has 3 rings (SSSR count). The van der Waals surface area contributed by atoms with Crippen molar-refractivity contribution in [2.75, 3.05) is 6.61 Å². The van der Waals surface area contributed by atoms with Crippen LogP contribution in [0.4, 0.5) is 13.2 Å². The van der Waals surface area contributed by atoms with Gasteiger partial charge in [0.1, 0.15) is 4.88 Å². The van der Waals surface area contributed by atoms with Gasteiger partial charge >= 0.3 is 12.1 Å². The van der Waals surface area contributed by atoms with Gasteiger partial charge in [-0.1, -0.05) is 0 Å². The fourth-order valence-electron chi connectivity index (χ4n) is 2.34. The van der Waals surface area contributed by atoms with E-state index in [1.807, 2.05) is 0 Å². The number of nitrogens with zero attached hydrogens (tertiary/aromatic N) is 1. The molecule has 0 fully saturated rings. The summed E-state index contributed by atoms with van der Waals surface area (Å²) in [5.41, 5.74) is -0.328. The summed E-state index contributed by atoms with van der Waals surface area (Å²) in [6.07, 6.45) is -1.07. The van der Waals surface area contributed by atoms with Crippen LogP contribution >= 0.6 is 11.3 Å². The van der Waals surface area contributed by atoms with Gasteiger partial charge in [0.25, 0.3) is 0 Å². The van der Waals surface area contributed by atoms with Crippen molar-refractivity contribution in [3.8, 4) is 5.69 Å². The molecule has 0 amide bonds. The van der Waals surface area contributed by atoms with Crippen LogP contribution in [0.2, 0.25) is 0 Å². The minimum atomic E-state index is -4.44. The topological polar surface area (TPSA) is 31.2 Å². The Balaban J connectivity index is 2.28. The van der Waals surface area contributed by atoms with Gasteiger partial charge in [0.2, 0.25) is 0 Å². The smallest absolute Gasteiger partial charge is 0.416 e. The molecule has 0 saturated carbocycles. The molecule has 0 aliphatic carbocycles. The van der Waals surface area contributed by atoms with Crippen molar-refractivity contribution in [3.05, 3.63) is 53.2 Å². The van der Waals surface area contributed by atoms with Gasteiger partial charge in [-0.25, -0.2) is 4.79 Å². The van der Waals surface area contributed by atoms with Crippen molar-refractivity contribution < 1.29 is 22.7 Å². The minimum absolute atomic E-state index is 0.200. The molecule has 0 atom stereocenters. The molecule has 0 bridgehead atoms. The van der Waals surface area contributed by atoms with Crippen LogP contribution in [0.1, 0.15) is 22.2 Å². The number of carbonyl (C=O) groups is 1. The predicted octanol–water partition coefficient (Wildman–Crippen LogP) is 4.89. The molecule has 0 aliphatic rings. The lowest BCUT2D eigenvalue weighted by atomic mass is 10.1. The number of hydrogen-bond acceptors (Lipinski definition) is 3. The lowest BCUT2D eigenvalue weighted by Crippen LogP contribution is -2.06. The monoisotopic (exact) mass is 339 g/mol. The maximum atomic E-state index is 13.0. The van der Waals surface area contributed by atoms with Crippen molar-refractivity contribution in [3.63, 3.8) is 0 Å². The van der Waals surface area contributed by atoms with E-state index in [1.54, 1.807) is 36.0 Å². The van der Waals surface area contributed by atoms with Crippen molar-refractivity contribution in [1.29, 1.82) is 0 Å². The Hall–Kier alpha value is -2.28. The van der Waals surface area contributed by atoms with Gasteiger partial charge in [-0.05, 0) is 37.3 Å². The molecule has 0 N–H and O–H groups in total. The fourth-order valence-corrected chi connectivity index (χ4v) is 3.41. The van der Waals surface area contributed by atoms with Gasteiger partial charge in [0.15, 0.2) is 0 Å². The second-order valence-corrected chi connectivity index (χ2v) is 5.85. The van der Waals surface area contributed by atoms with E-state index >= 15 is 0 Å². The number of benzene rings is 1. The third-order valence-electron chi connectivity index (χ3n) is 3.31. The molecular weight excluding hydrogens is 327 g/mol. The molecule has 1 aromatic carbocycles. The Labute approximate surface area is 133 Å². The number of esters is 1. The summed E-state index contributed by atoms with van der Waals surface area (Å²) in [5.74, 6) is -0.536. The van der Waals surface area contributed by atoms with Crippen molar-refractivity contribution in [2.24, 2.45) is 0 Å². The maximum absolute atomic E-state index is 13.0. The van der Waals surface area contributed by atoms with Crippen LogP contribution in [0.15, 0.2) is 42.7 Å². The summed E-state index contributed by atoms with van der Waals surface area (Å²) in [6, 6.07) is 6.97. The Bertz CT molecular complexity index is 850. The van der Waals surface area contributed by atoms with E-state index in [1.165, 1.54) is 6.07 Å². The number of ether oxygens (including phenoxy) is 1. The van der Waals surface area contributed by atoms with E-state index in [-0.39, 0.29) is 11.5 Å². The second kappa shape index (κ2) is 5.73. The first-order chi connectivity index (χ1) is 10.9. The number of halogens is 3. The number of thiophene rings is 1. The number of alkyl halides is 3. The van der Waals surface area contributed by atoms with Crippen LogP contribution in [-0.2, 0) is 10.9 Å². The highest BCUT2D eigenvalue weighted by atomic mass is 32.1. The molecule has 0 aliphatic heterocycles. The maximum Gasteiger partial charge on any atom is 0.416 e. The van der Waals surface area contributed by atoms with E-state index in [9.17, 15) is 18.0 Å². The Morgan fingerprint density at radius 3 is 2.57 bits per heavy atom. The number of aromatic nitrogens is 1. The van der Waals surface area contributed by atoms with E-state index in [0.29, 0.717) is 15.8 Å². The van der Waals surface area contributed by atoms with Crippen molar-refractivity contribution in [1.82, 2.24) is 4.57 Å². The molecule has 3 nitrogen and oxygen atoms in total. The Morgan fingerprint density at radius 1 is 1.26 bits per heavy atom. The predicted molar refractivity (Wildman–Crippen MR) is 82.1 cm³/mol. The van der Waals surface area contributed by atoms with Crippen LogP contribution in [-0.4, -0.2) is 17.1 Å². The van der Waals surface area contributed by atoms with E-state index in [4.69, 9.17) is 4.74 Å². The zero-order valence-electron chi connectivity index (χ0n) is 12.1. The van der Waals surface area contributed by atoms with E-state index in [2.05, 4.69) is 0 Å². The molecule has 23 heavy (non-hydrogen) atoms. The standard InChI is InChI=1S/C16H12F3NO2S/c1-2-22-15(21)14-13(20-7-3-4-8-20)11-9-10(16(17,18)19)5-6-12(11)23-14/h3-9H,2H2,1H3. The van der Waals surface area contributed by atoms with Gasteiger partial charge in [-0.15, -0.1) is 11.3 Å². The Kier molecular flexibility index (Phi) is 3.89. The molecule has 3 aromatic rings. The van der Waals surface area contributed by atoms with Crippen LogP contribution in [0.3, 0.4) is 0 Å². The second-order valence-electron chi connectivity index (χ2n) is 4.80. The highest BCUT2D eigenvalue weighted by molar-refractivity contribution is 7.21. The Morgan fingerprint density at radius 2 is 1.96 bits per heavy atom. The highest BCUT2D eigenvalue weighted by Gasteiger charge is 2.31. The van der Waals surface area contributed by atoms with E-state index in [0.717, 1.165) is 23.5 Å². The van der Waals surface area contributed by atoms with Gasteiger partial charge in [0.05, 0.1) is 17.9 Å². The SMILES string of the molecule is CCOC(=O)c1sc2ccc(C(F)(F)F)cc2c1-n1cccc1. The minimum Gasteiger partial charge on any atom is -0.462 e. The van der Waals surface area contributed by atoms with Gasteiger partial charge < -0.3 is 9.30 Å². The summed E-state index contributed by atoms with van der Waals surface area (Å²) in [5, 5.41) is 0.379. The first-order valence-electron chi connectivity index (χ1n) is 6.86. The van der Waals surface area contributed by atoms with Crippen LogP contribution in [0.5, 0.6) is 0 Å². The van der Waals surface area contributed by atoms with Crippen LogP contribution < -0.4 is 0 Å². The molecule has 2 heterocycles.